The Morgan fingerprint density at radius 2 is 1.90 bits per heavy atom. The Morgan fingerprint density at radius 3 is 2.57 bits per heavy atom. The maximum atomic E-state index is 12.2. The number of hydrogen-bond acceptors (Lipinski definition) is 3. The minimum atomic E-state index is -0.598. The molecular weight excluding hydrogens is 284 g/mol. The number of anilines is 1. The zero-order valence-electron chi connectivity index (χ0n) is 12.3. The van der Waals surface area contributed by atoms with E-state index in [1.165, 1.54) is 11.3 Å². The average molecular weight is 302 g/mol. The number of aryl methyl sites for hydroxylation is 1. The van der Waals surface area contributed by atoms with Crippen LogP contribution in [0.1, 0.15) is 27.7 Å². The molecule has 0 aliphatic rings. The average Bonchev–Trinajstić information content (AvgIpc) is 2.98. The summed E-state index contributed by atoms with van der Waals surface area (Å²) in [5, 5.41) is 7.38. The van der Waals surface area contributed by atoms with E-state index in [1.807, 2.05) is 37.4 Å². The van der Waals surface area contributed by atoms with Crippen molar-refractivity contribution in [2.75, 3.05) is 5.32 Å². The van der Waals surface area contributed by atoms with E-state index in [-0.39, 0.29) is 11.8 Å². The minimum Gasteiger partial charge on any atom is -0.340 e. The topological polar surface area (TPSA) is 58.2 Å². The fourth-order valence-corrected chi connectivity index (χ4v) is 2.50. The van der Waals surface area contributed by atoms with Crippen LogP contribution in [0, 0.1) is 13.8 Å². The van der Waals surface area contributed by atoms with E-state index in [2.05, 4.69) is 10.6 Å². The third-order valence-corrected chi connectivity index (χ3v) is 4.22. The van der Waals surface area contributed by atoms with Gasteiger partial charge in [-0.3, -0.25) is 9.59 Å². The molecule has 5 heteroatoms. The van der Waals surface area contributed by atoms with Crippen LogP contribution in [0.15, 0.2) is 35.7 Å². The third-order valence-electron chi connectivity index (χ3n) is 3.35. The molecule has 2 N–H and O–H groups in total. The van der Waals surface area contributed by atoms with E-state index < -0.39 is 6.04 Å². The van der Waals surface area contributed by atoms with Gasteiger partial charge in [-0.05, 0) is 49.4 Å². The fourth-order valence-electron chi connectivity index (χ4n) is 1.87. The zero-order chi connectivity index (χ0) is 15.4. The van der Waals surface area contributed by atoms with Gasteiger partial charge in [0.1, 0.15) is 6.04 Å². The summed E-state index contributed by atoms with van der Waals surface area (Å²) in [6, 6.07) is 8.68. The molecule has 1 aromatic heterocycles. The second kappa shape index (κ2) is 6.54. The highest BCUT2D eigenvalue weighted by Crippen LogP contribution is 2.18. The molecule has 110 valence electrons. The highest BCUT2D eigenvalue weighted by Gasteiger charge is 2.17. The third kappa shape index (κ3) is 3.70. The molecule has 2 aromatic rings. The van der Waals surface area contributed by atoms with Gasteiger partial charge in [-0.25, -0.2) is 0 Å². The lowest BCUT2D eigenvalue weighted by Gasteiger charge is -2.15. The van der Waals surface area contributed by atoms with E-state index in [1.54, 1.807) is 19.1 Å². The molecule has 0 aliphatic heterocycles. The maximum Gasteiger partial charge on any atom is 0.261 e. The van der Waals surface area contributed by atoms with Crippen molar-refractivity contribution in [3.8, 4) is 0 Å². The SMILES string of the molecule is Cc1cccc(NC(=O)[C@H](C)NC(=O)c2cccs2)c1C. The second-order valence-electron chi connectivity index (χ2n) is 4.91. The molecule has 1 aromatic carbocycles. The van der Waals surface area contributed by atoms with Gasteiger partial charge in [0, 0.05) is 5.69 Å². The minimum absolute atomic E-state index is 0.228. The molecule has 2 amide bonds. The largest absolute Gasteiger partial charge is 0.340 e. The van der Waals surface area contributed by atoms with E-state index in [4.69, 9.17) is 0 Å². The van der Waals surface area contributed by atoms with Crippen LogP contribution in [0.5, 0.6) is 0 Å². The molecule has 21 heavy (non-hydrogen) atoms. The molecule has 1 heterocycles. The van der Waals surface area contributed by atoms with Crippen molar-refractivity contribution in [2.45, 2.75) is 26.8 Å². The van der Waals surface area contributed by atoms with E-state index in [0.29, 0.717) is 4.88 Å². The van der Waals surface area contributed by atoms with Gasteiger partial charge < -0.3 is 10.6 Å². The number of carbonyl (C=O) groups excluding carboxylic acids is 2. The van der Waals surface area contributed by atoms with Crippen molar-refractivity contribution in [1.29, 1.82) is 0 Å². The van der Waals surface area contributed by atoms with Crippen molar-refractivity contribution in [1.82, 2.24) is 5.32 Å². The highest BCUT2D eigenvalue weighted by atomic mass is 32.1. The van der Waals surface area contributed by atoms with Gasteiger partial charge in [0.25, 0.3) is 5.91 Å². The second-order valence-corrected chi connectivity index (χ2v) is 5.86. The van der Waals surface area contributed by atoms with Gasteiger partial charge in [-0.2, -0.15) is 0 Å². The number of thiophene rings is 1. The molecule has 0 bridgehead atoms. The standard InChI is InChI=1S/C16H18N2O2S/c1-10-6-4-7-13(11(10)2)18-15(19)12(3)17-16(20)14-8-5-9-21-14/h4-9,12H,1-3H3,(H,17,20)(H,18,19)/t12-/m0/s1. The summed E-state index contributed by atoms with van der Waals surface area (Å²) in [6.45, 7) is 5.62. The van der Waals surface area contributed by atoms with Crippen LogP contribution in [-0.4, -0.2) is 17.9 Å². The van der Waals surface area contributed by atoms with Crippen molar-refractivity contribution in [3.63, 3.8) is 0 Å². The quantitative estimate of drug-likeness (QED) is 0.911. The number of amides is 2. The van der Waals surface area contributed by atoms with Gasteiger partial charge in [-0.1, -0.05) is 18.2 Å². The Kier molecular flexibility index (Phi) is 4.75. The number of rotatable bonds is 4. The molecule has 0 radical (unpaired) electrons. The van der Waals surface area contributed by atoms with Crippen LogP contribution >= 0.6 is 11.3 Å². The normalized spacial score (nSPS) is 11.8. The number of carbonyl (C=O) groups is 2. The van der Waals surface area contributed by atoms with Crippen LogP contribution in [0.2, 0.25) is 0 Å². The highest BCUT2D eigenvalue weighted by molar-refractivity contribution is 7.12. The summed E-state index contributed by atoms with van der Waals surface area (Å²) in [6.07, 6.45) is 0. The molecule has 0 aliphatic carbocycles. The van der Waals surface area contributed by atoms with Gasteiger partial charge in [0.15, 0.2) is 0 Å². The van der Waals surface area contributed by atoms with Crippen molar-refractivity contribution in [2.24, 2.45) is 0 Å². The Labute approximate surface area is 128 Å². The van der Waals surface area contributed by atoms with E-state index >= 15 is 0 Å². The Morgan fingerprint density at radius 1 is 1.14 bits per heavy atom. The van der Waals surface area contributed by atoms with Gasteiger partial charge in [-0.15, -0.1) is 11.3 Å². The lowest BCUT2D eigenvalue weighted by molar-refractivity contribution is -0.117. The molecule has 1 atom stereocenters. The maximum absolute atomic E-state index is 12.2. The van der Waals surface area contributed by atoms with Crippen molar-refractivity contribution in [3.05, 3.63) is 51.7 Å². The summed E-state index contributed by atoms with van der Waals surface area (Å²) in [7, 11) is 0. The summed E-state index contributed by atoms with van der Waals surface area (Å²) >= 11 is 1.35. The van der Waals surface area contributed by atoms with Crippen LogP contribution < -0.4 is 10.6 Å². The molecule has 0 saturated heterocycles. The molecule has 4 nitrogen and oxygen atoms in total. The lowest BCUT2D eigenvalue weighted by atomic mass is 10.1. The number of nitrogens with one attached hydrogen (secondary N) is 2. The first kappa shape index (κ1) is 15.3. The molecule has 0 fully saturated rings. The molecular formula is C16H18N2O2S. The fraction of sp³-hybridized carbons (Fsp3) is 0.250. The first-order valence-electron chi connectivity index (χ1n) is 6.70. The monoisotopic (exact) mass is 302 g/mol. The Balaban J connectivity index is 2.00. The van der Waals surface area contributed by atoms with E-state index in [9.17, 15) is 9.59 Å². The lowest BCUT2D eigenvalue weighted by Crippen LogP contribution is -2.41. The predicted octanol–water partition coefficient (Wildman–Crippen LogP) is 3.12. The van der Waals surface area contributed by atoms with Crippen molar-refractivity contribution < 1.29 is 9.59 Å². The van der Waals surface area contributed by atoms with Crippen LogP contribution in [0.3, 0.4) is 0 Å². The van der Waals surface area contributed by atoms with Gasteiger partial charge in [0.05, 0.1) is 4.88 Å². The molecule has 0 saturated carbocycles. The summed E-state index contributed by atoms with van der Waals surface area (Å²) < 4.78 is 0. The zero-order valence-corrected chi connectivity index (χ0v) is 13.1. The summed E-state index contributed by atoms with van der Waals surface area (Å²) in [5.74, 6) is -0.456. The van der Waals surface area contributed by atoms with Crippen LogP contribution in [0.4, 0.5) is 5.69 Å². The first-order chi connectivity index (χ1) is 9.99. The summed E-state index contributed by atoms with van der Waals surface area (Å²) in [4.78, 5) is 24.7. The van der Waals surface area contributed by atoms with Gasteiger partial charge >= 0.3 is 0 Å². The number of hydrogen-bond donors (Lipinski definition) is 2. The van der Waals surface area contributed by atoms with E-state index in [0.717, 1.165) is 16.8 Å². The first-order valence-corrected chi connectivity index (χ1v) is 7.58. The smallest absolute Gasteiger partial charge is 0.261 e. The van der Waals surface area contributed by atoms with Crippen molar-refractivity contribution >= 4 is 28.8 Å². The molecule has 0 spiro atoms. The molecule has 0 unspecified atom stereocenters. The van der Waals surface area contributed by atoms with Crippen LogP contribution in [-0.2, 0) is 4.79 Å². The Hall–Kier alpha value is -2.14. The summed E-state index contributed by atoms with van der Waals surface area (Å²) in [5.41, 5.74) is 2.92. The van der Waals surface area contributed by atoms with Crippen LogP contribution in [0.25, 0.3) is 0 Å². The predicted molar refractivity (Wildman–Crippen MR) is 85.8 cm³/mol. The van der Waals surface area contributed by atoms with Gasteiger partial charge in [0.2, 0.25) is 5.91 Å². The molecule has 2 rings (SSSR count). The Bertz CT molecular complexity index is 650. The number of benzene rings is 1.